The minimum absolute atomic E-state index is 0.0494. The zero-order chi connectivity index (χ0) is 14.0. The molecule has 0 unspecified atom stereocenters. The van der Waals surface area contributed by atoms with E-state index in [2.05, 4.69) is 33.0 Å². The molecule has 18 heavy (non-hydrogen) atoms. The summed E-state index contributed by atoms with van der Waals surface area (Å²) in [4.78, 5) is 14.4. The van der Waals surface area contributed by atoms with Crippen molar-refractivity contribution in [2.75, 3.05) is 12.9 Å². The molecule has 1 fully saturated rings. The van der Waals surface area contributed by atoms with Gasteiger partial charge in [-0.15, -0.1) is 11.6 Å². The van der Waals surface area contributed by atoms with Crippen molar-refractivity contribution in [3.05, 3.63) is 0 Å². The Morgan fingerprint density at radius 2 is 2.00 bits per heavy atom. The van der Waals surface area contributed by atoms with E-state index in [0.717, 1.165) is 25.7 Å². The van der Waals surface area contributed by atoms with Crippen molar-refractivity contribution in [2.24, 2.45) is 5.41 Å². The van der Waals surface area contributed by atoms with Crippen LogP contribution in [0.5, 0.6) is 0 Å². The second kappa shape index (κ2) is 5.79. The van der Waals surface area contributed by atoms with Crippen LogP contribution in [0.3, 0.4) is 0 Å². The Labute approximate surface area is 116 Å². The van der Waals surface area contributed by atoms with Gasteiger partial charge in [0.1, 0.15) is 0 Å². The number of alkyl halides is 1. The predicted octanol–water partition coefficient (Wildman–Crippen LogP) is 2.98. The fraction of sp³-hybridized carbons (Fsp3) is 0.929. The quantitative estimate of drug-likeness (QED) is 0.617. The zero-order valence-corrected chi connectivity index (χ0v) is 13.1. The Morgan fingerprint density at radius 1 is 1.39 bits per heavy atom. The number of halogens is 1. The molecule has 106 valence electrons. The number of amides is 1. The summed E-state index contributed by atoms with van der Waals surface area (Å²) >= 11 is 5.73. The summed E-state index contributed by atoms with van der Waals surface area (Å²) in [7, 11) is 1.91. The van der Waals surface area contributed by atoms with Crippen molar-refractivity contribution in [2.45, 2.75) is 65.1 Å². The predicted molar refractivity (Wildman–Crippen MR) is 76.7 cm³/mol. The van der Waals surface area contributed by atoms with Gasteiger partial charge in [-0.2, -0.15) is 0 Å². The van der Waals surface area contributed by atoms with Gasteiger partial charge in [-0.3, -0.25) is 10.1 Å². The van der Waals surface area contributed by atoms with E-state index in [1.807, 2.05) is 11.9 Å². The molecule has 0 bridgehead atoms. The first-order chi connectivity index (χ1) is 8.28. The molecule has 1 saturated heterocycles. The molecule has 1 amide bonds. The van der Waals surface area contributed by atoms with Crippen molar-refractivity contribution < 1.29 is 4.79 Å². The van der Waals surface area contributed by atoms with E-state index in [1.165, 1.54) is 0 Å². The molecule has 0 aliphatic carbocycles. The lowest BCUT2D eigenvalue weighted by atomic mass is 9.88. The van der Waals surface area contributed by atoms with Gasteiger partial charge >= 0.3 is 0 Å². The van der Waals surface area contributed by atoms with Crippen LogP contribution in [0.15, 0.2) is 0 Å². The highest BCUT2D eigenvalue weighted by Gasteiger charge is 2.51. The second-order valence-electron chi connectivity index (χ2n) is 6.41. The number of likely N-dealkylation sites (N-methyl/N-ethyl adjacent to an activating group) is 1. The molecule has 1 aliphatic rings. The second-order valence-corrected chi connectivity index (χ2v) is 6.79. The molecule has 1 N–H and O–H groups in total. The molecule has 0 aromatic rings. The van der Waals surface area contributed by atoms with Crippen molar-refractivity contribution in [1.29, 1.82) is 0 Å². The number of carbonyl (C=O) groups is 1. The molecule has 1 heterocycles. The fourth-order valence-corrected chi connectivity index (χ4v) is 2.99. The SMILES string of the molecule is CC[C@@]1(CCCCCl)N[C@@H](C(C)(C)C)N(C)C1=O. The highest BCUT2D eigenvalue weighted by Crippen LogP contribution is 2.34. The molecule has 4 heteroatoms. The molecule has 3 nitrogen and oxygen atoms in total. The first kappa shape index (κ1) is 15.8. The smallest absolute Gasteiger partial charge is 0.243 e. The van der Waals surface area contributed by atoms with Gasteiger partial charge in [-0.1, -0.05) is 27.7 Å². The molecule has 0 saturated carbocycles. The summed E-state index contributed by atoms with van der Waals surface area (Å²) in [5.41, 5.74) is -0.327. The number of unbranched alkanes of at least 4 members (excludes halogenated alkanes) is 1. The lowest BCUT2D eigenvalue weighted by Crippen LogP contribution is -2.49. The monoisotopic (exact) mass is 274 g/mol. The summed E-state index contributed by atoms with van der Waals surface area (Å²) in [6.07, 6.45) is 3.81. The maximum absolute atomic E-state index is 12.5. The number of hydrogen-bond acceptors (Lipinski definition) is 2. The third kappa shape index (κ3) is 3.00. The molecule has 0 spiro atoms. The van der Waals surface area contributed by atoms with E-state index < -0.39 is 0 Å². The molecular weight excluding hydrogens is 248 g/mol. The van der Waals surface area contributed by atoms with E-state index >= 15 is 0 Å². The van der Waals surface area contributed by atoms with Crippen molar-refractivity contribution in [3.63, 3.8) is 0 Å². The third-order valence-corrected chi connectivity index (χ3v) is 4.21. The molecule has 0 radical (unpaired) electrons. The third-order valence-electron chi connectivity index (χ3n) is 3.94. The van der Waals surface area contributed by atoms with Gasteiger partial charge in [-0.25, -0.2) is 0 Å². The Balaban J connectivity index is 2.84. The Hall–Kier alpha value is -0.280. The van der Waals surface area contributed by atoms with Gasteiger partial charge in [0.15, 0.2) is 0 Å². The Kier molecular flexibility index (Phi) is 5.07. The number of carbonyl (C=O) groups excluding carboxylic acids is 1. The minimum atomic E-state index is -0.376. The van der Waals surface area contributed by atoms with Crippen LogP contribution >= 0.6 is 11.6 Å². The summed E-state index contributed by atoms with van der Waals surface area (Å²) in [5, 5.41) is 3.59. The average Bonchev–Trinajstić information content (AvgIpc) is 2.55. The van der Waals surface area contributed by atoms with Gasteiger partial charge in [0.2, 0.25) is 5.91 Å². The first-order valence-corrected chi connectivity index (χ1v) is 7.43. The van der Waals surface area contributed by atoms with Crippen LogP contribution in [0.25, 0.3) is 0 Å². The number of nitrogens with one attached hydrogen (secondary N) is 1. The van der Waals surface area contributed by atoms with E-state index in [9.17, 15) is 4.79 Å². The average molecular weight is 275 g/mol. The van der Waals surface area contributed by atoms with Gasteiger partial charge in [-0.05, 0) is 31.1 Å². The van der Waals surface area contributed by atoms with Crippen LogP contribution in [0.2, 0.25) is 0 Å². The first-order valence-electron chi connectivity index (χ1n) is 6.89. The highest BCUT2D eigenvalue weighted by molar-refractivity contribution is 6.17. The van der Waals surface area contributed by atoms with E-state index in [0.29, 0.717) is 5.88 Å². The number of rotatable bonds is 5. The normalized spacial score (nSPS) is 29.1. The van der Waals surface area contributed by atoms with Gasteiger partial charge in [0, 0.05) is 12.9 Å². The van der Waals surface area contributed by atoms with Crippen LogP contribution in [0.1, 0.15) is 53.4 Å². The Bertz CT molecular complexity index is 301. The standard InChI is InChI=1S/C14H27ClN2O/c1-6-14(9-7-8-10-15)12(18)17(5)11(16-14)13(2,3)4/h11,16H,6-10H2,1-5H3/t11-,14+/m1/s1. The topological polar surface area (TPSA) is 32.3 Å². The number of hydrogen-bond donors (Lipinski definition) is 1. The minimum Gasteiger partial charge on any atom is -0.328 e. The lowest BCUT2D eigenvalue weighted by Gasteiger charge is -2.33. The van der Waals surface area contributed by atoms with Crippen LogP contribution in [-0.2, 0) is 4.79 Å². The van der Waals surface area contributed by atoms with Crippen LogP contribution < -0.4 is 5.32 Å². The molecule has 1 aliphatic heterocycles. The van der Waals surface area contributed by atoms with Crippen LogP contribution in [0.4, 0.5) is 0 Å². The van der Waals surface area contributed by atoms with Gasteiger partial charge in [0.05, 0.1) is 11.7 Å². The van der Waals surface area contributed by atoms with Crippen molar-refractivity contribution in [3.8, 4) is 0 Å². The number of nitrogens with zero attached hydrogens (tertiary/aromatic N) is 1. The highest BCUT2D eigenvalue weighted by atomic mass is 35.5. The van der Waals surface area contributed by atoms with Crippen molar-refractivity contribution >= 4 is 17.5 Å². The van der Waals surface area contributed by atoms with E-state index in [-0.39, 0.29) is 23.0 Å². The summed E-state index contributed by atoms with van der Waals surface area (Å²) in [6, 6.07) is 0. The Morgan fingerprint density at radius 3 is 2.39 bits per heavy atom. The van der Waals surface area contributed by atoms with E-state index in [1.54, 1.807) is 0 Å². The van der Waals surface area contributed by atoms with E-state index in [4.69, 9.17) is 11.6 Å². The molecular formula is C14H27ClN2O. The molecule has 0 aromatic carbocycles. The molecule has 2 atom stereocenters. The maximum Gasteiger partial charge on any atom is 0.243 e. The molecule has 0 aromatic heterocycles. The van der Waals surface area contributed by atoms with Crippen LogP contribution in [-0.4, -0.2) is 35.4 Å². The van der Waals surface area contributed by atoms with Gasteiger partial charge in [0.25, 0.3) is 0 Å². The van der Waals surface area contributed by atoms with Crippen LogP contribution in [0, 0.1) is 5.41 Å². The lowest BCUT2D eigenvalue weighted by molar-refractivity contribution is -0.133. The summed E-state index contributed by atoms with van der Waals surface area (Å²) in [6.45, 7) is 8.58. The zero-order valence-electron chi connectivity index (χ0n) is 12.3. The molecule has 1 rings (SSSR count). The summed E-state index contributed by atoms with van der Waals surface area (Å²) < 4.78 is 0. The maximum atomic E-state index is 12.5. The van der Waals surface area contributed by atoms with Gasteiger partial charge < -0.3 is 4.90 Å². The largest absolute Gasteiger partial charge is 0.328 e. The summed E-state index contributed by atoms with van der Waals surface area (Å²) in [5.74, 6) is 0.909. The van der Waals surface area contributed by atoms with Crippen molar-refractivity contribution in [1.82, 2.24) is 10.2 Å². The fourth-order valence-electron chi connectivity index (χ4n) is 2.80.